The molecule has 0 amide bonds. The number of carbonyl (C=O) groups is 1. The molecular formula is C23H28BrNO. The van der Waals surface area contributed by atoms with Gasteiger partial charge < -0.3 is 0 Å². The Bertz CT molecular complexity index is 691. The van der Waals surface area contributed by atoms with Gasteiger partial charge in [0.15, 0.2) is 0 Å². The lowest BCUT2D eigenvalue weighted by Gasteiger charge is -2.56. The topological polar surface area (TPSA) is 20.3 Å². The van der Waals surface area contributed by atoms with Gasteiger partial charge in [-0.2, -0.15) is 0 Å². The van der Waals surface area contributed by atoms with Crippen molar-refractivity contribution in [2.45, 2.75) is 51.6 Å². The van der Waals surface area contributed by atoms with Crippen LogP contribution in [0.15, 0.2) is 60.7 Å². The van der Waals surface area contributed by atoms with Gasteiger partial charge in [-0.3, -0.25) is 4.79 Å². The normalized spacial score (nSPS) is 25.2. The maximum absolute atomic E-state index is 13.7. The predicted molar refractivity (Wildman–Crippen MR) is 111 cm³/mol. The SMILES string of the molecule is CC1(C)C(Cc2ccccc2)C(=O)C(Cc2ccccc2)C(C)(C)N1Br. The highest BCUT2D eigenvalue weighted by atomic mass is 79.9. The lowest BCUT2D eigenvalue weighted by atomic mass is 9.64. The molecule has 3 rings (SSSR count). The monoisotopic (exact) mass is 413 g/mol. The molecule has 0 spiro atoms. The van der Waals surface area contributed by atoms with Crippen LogP contribution in [0.2, 0.25) is 0 Å². The third-order valence-corrected chi connectivity index (χ3v) is 7.80. The van der Waals surface area contributed by atoms with E-state index in [1.807, 2.05) is 36.4 Å². The molecule has 1 aliphatic heterocycles. The number of carbonyl (C=O) groups excluding carboxylic acids is 1. The van der Waals surface area contributed by atoms with E-state index in [1.165, 1.54) is 11.1 Å². The molecular weight excluding hydrogens is 386 g/mol. The van der Waals surface area contributed by atoms with Crippen molar-refractivity contribution in [1.29, 1.82) is 0 Å². The number of benzene rings is 2. The number of Topliss-reactive ketones (excluding diaryl/α,β-unsaturated/α-hetero) is 1. The summed E-state index contributed by atoms with van der Waals surface area (Å²) in [7, 11) is 0. The summed E-state index contributed by atoms with van der Waals surface area (Å²) < 4.78 is 2.25. The standard InChI is InChI=1S/C23H28BrNO/c1-22(2)19(15-17-11-7-5-8-12-17)21(26)20(23(3,4)25(22)24)16-18-13-9-6-10-14-18/h5-14,19-20H,15-16H2,1-4H3. The molecule has 0 N–H and O–H groups in total. The first-order valence-electron chi connectivity index (χ1n) is 9.32. The van der Waals surface area contributed by atoms with E-state index in [2.05, 4.69) is 72.0 Å². The van der Waals surface area contributed by atoms with Crippen LogP contribution in [0.1, 0.15) is 38.8 Å². The number of piperidine rings is 1. The lowest BCUT2D eigenvalue weighted by Crippen LogP contribution is -2.66. The van der Waals surface area contributed by atoms with Gasteiger partial charge in [0.25, 0.3) is 0 Å². The zero-order valence-electron chi connectivity index (χ0n) is 16.1. The number of hydrogen-bond donors (Lipinski definition) is 0. The number of rotatable bonds is 4. The molecule has 3 heteroatoms. The van der Waals surface area contributed by atoms with E-state index >= 15 is 0 Å². The molecule has 1 heterocycles. The molecule has 0 radical (unpaired) electrons. The summed E-state index contributed by atoms with van der Waals surface area (Å²) in [5.74, 6) is 0.278. The average molecular weight is 414 g/mol. The van der Waals surface area contributed by atoms with Gasteiger partial charge in [-0.25, -0.2) is 3.93 Å². The quantitative estimate of drug-likeness (QED) is 0.620. The molecule has 2 aromatic rings. The van der Waals surface area contributed by atoms with E-state index in [-0.39, 0.29) is 22.9 Å². The number of ketones is 1. The van der Waals surface area contributed by atoms with Crippen LogP contribution < -0.4 is 0 Å². The summed E-state index contributed by atoms with van der Waals surface area (Å²) >= 11 is 3.85. The van der Waals surface area contributed by atoms with E-state index in [1.54, 1.807) is 0 Å². The fourth-order valence-electron chi connectivity index (χ4n) is 4.36. The van der Waals surface area contributed by atoms with E-state index in [9.17, 15) is 4.79 Å². The Morgan fingerprint density at radius 3 is 1.46 bits per heavy atom. The maximum atomic E-state index is 13.7. The summed E-state index contributed by atoms with van der Waals surface area (Å²) in [6, 6.07) is 20.7. The first-order chi connectivity index (χ1) is 12.2. The molecule has 1 saturated heterocycles. The van der Waals surface area contributed by atoms with E-state index in [0.717, 1.165) is 12.8 Å². The fraction of sp³-hybridized carbons (Fsp3) is 0.435. The largest absolute Gasteiger partial charge is 0.299 e. The van der Waals surface area contributed by atoms with Crippen LogP contribution in [-0.4, -0.2) is 20.8 Å². The molecule has 0 bridgehead atoms. The highest BCUT2D eigenvalue weighted by molar-refractivity contribution is 9.07. The van der Waals surface area contributed by atoms with Crippen molar-refractivity contribution >= 4 is 21.9 Å². The van der Waals surface area contributed by atoms with Crippen LogP contribution in [0.25, 0.3) is 0 Å². The highest BCUT2D eigenvalue weighted by Crippen LogP contribution is 2.47. The predicted octanol–water partition coefficient (Wildman–Crippen LogP) is 5.46. The molecule has 138 valence electrons. The number of halogens is 1. The summed E-state index contributed by atoms with van der Waals surface area (Å²) in [6.45, 7) is 8.70. The summed E-state index contributed by atoms with van der Waals surface area (Å²) in [5.41, 5.74) is 1.92. The molecule has 2 unspecified atom stereocenters. The van der Waals surface area contributed by atoms with Crippen LogP contribution in [0.3, 0.4) is 0 Å². The Morgan fingerprint density at radius 1 is 0.769 bits per heavy atom. The van der Waals surface area contributed by atoms with Crippen molar-refractivity contribution in [2.75, 3.05) is 0 Å². The first-order valence-corrected chi connectivity index (χ1v) is 10.0. The van der Waals surface area contributed by atoms with Crippen molar-refractivity contribution in [2.24, 2.45) is 11.8 Å². The third-order valence-electron chi connectivity index (χ3n) is 5.97. The van der Waals surface area contributed by atoms with Crippen LogP contribution in [0.5, 0.6) is 0 Å². The van der Waals surface area contributed by atoms with Crippen molar-refractivity contribution in [3.8, 4) is 0 Å². The van der Waals surface area contributed by atoms with Gasteiger partial charge in [0, 0.05) is 39.1 Å². The first kappa shape index (κ1) is 19.3. The second-order valence-corrected chi connectivity index (χ2v) is 9.18. The molecule has 1 fully saturated rings. The van der Waals surface area contributed by atoms with Gasteiger partial charge in [0.2, 0.25) is 0 Å². The minimum atomic E-state index is -0.260. The number of nitrogens with zero attached hydrogens (tertiary/aromatic N) is 1. The molecule has 2 aromatic carbocycles. The highest BCUT2D eigenvalue weighted by Gasteiger charge is 2.55. The Labute approximate surface area is 165 Å². The molecule has 1 aliphatic rings. The summed E-state index contributed by atoms with van der Waals surface area (Å²) in [6.07, 6.45) is 1.55. The van der Waals surface area contributed by atoms with Crippen molar-refractivity contribution < 1.29 is 4.79 Å². The van der Waals surface area contributed by atoms with Gasteiger partial charge >= 0.3 is 0 Å². The van der Waals surface area contributed by atoms with Gasteiger partial charge in [0.05, 0.1) is 0 Å². The van der Waals surface area contributed by atoms with E-state index in [0.29, 0.717) is 5.78 Å². The summed E-state index contributed by atoms with van der Waals surface area (Å²) in [5, 5.41) is 0. The van der Waals surface area contributed by atoms with E-state index in [4.69, 9.17) is 0 Å². The Balaban J connectivity index is 1.95. The average Bonchev–Trinajstić information content (AvgIpc) is 2.63. The van der Waals surface area contributed by atoms with Crippen molar-refractivity contribution in [1.82, 2.24) is 3.93 Å². The van der Waals surface area contributed by atoms with Crippen LogP contribution in [0.4, 0.5) is 0 Å². The minimum Gasteiger partial charge on any atom is -0.299 e. The van der Waals surface area contributed by atoms with Crippen molar-refractivity contribution in [3.63, 3.8) is 0 Å². The molecule has 0 saturated carbocycles. The smallest absolute Gasteiger partial charge is 0.143 e. The van der Waals surface area contributed by atoms with E-state index < -0.39 is 0 Å². The second kappa shape index (κ2) is 7.28. The van der Waals surface area contributed by atoms with Gasteiger partial charge in [-0.15, -0.1) is 0 Å². The number of hydrogen-bond acceptors (Lipinski definition) is 2. The Hall–Kier alpha value is -1.45. The van der Waals surface area contributed by atoms with Crippen LogP contribution >= 0.6 is 16.1 Å². The molecule has 2 nitrogen and oxygen atoms in total. The molecule has 0 aromatic heterocycles. The van der Waals surface area contributed by atoms with Gasteiger partial charge in [-0.1, -0.05) is 60.7 Å². The van der Waals surface area contributed by atoms with Crippen LogP contribution in [-0.2, 0) is 17.6 Å². The fourth-order valence-corrected chi connectivity index (χ4v) is 4.85. The zero-order chi connectivity index (χ0) is 18.9. The van der Waals surface area contributed by atoms with Crippen molar-refractivity contribution in [3.05, 3.63) is 71.8 Å². The molecule has 2 atom stereocenters. The maximum Gasteiger partial charge on any atom is 0.143 e. The third kappa shape index (κ3) is 3.52. The lowest BCUT2D eigenvalue weighted by molar-refractivity contribution is -0.143. The zero-order valence-corrected chi connectivity index (χ0v) is 17.7. The second-order valence-electron chi connectivity index (χ2n) is 8.48. The Kier molecular flexibility index (Phi) is 5.41. The van der Waals surface area contributed by atoms with Gasteiger partial charge in [-0.05, 0) is 51.7 Å². The van der Waals surface area contributed by atoms with Crippen LogP contribution in [0, 0.1) is 11.8 Å². The summed E-state index contributed by atoms with van der Waals surface area (Å²) in [4.78, 5) is 13.7. The minimum absolute atomic E-state index is 0.0500. The molecule has 26 heavy (non-hydrogen) atoms. The molecule has 0 aliphatic carbocycles. The van der Waals surface area contributed by atoms with Gasteiger partial charge in [0.1, 0.15) is 5.78 Å². The Morgan fingerprint density at radius 2 is 1.12 bits per heavy atom.